The first-order chi connectivity index (χ1) is 8.81. The molecule has 1 saturated heterocycles. The van der Waals surface area contributed by atoms with Crippen LogP contribution in [-0.2, 0) is 4.79 Å². The minimum Gasteiger partial charge on any atom is -0.396 e. The van der Waals surface area contributed by atoms with Crippen LogP contribution in [0.4, 0.5) is 0 Å². The maximum Gasteiger partial charge on any atom is 0.248 e. The van der Waals surface area contributed by atoms with Gasteiger partial charge in [-0.2, -0.15) is 0 Å². The van der Waals surface area contributed by atoms with Crippen molar-refractivity contribution in [2.24, 2.45) is 0 Å². The van der Waals surface area contributed by atoms with Gasteiger partial charge in [-0.25, -0.2) is 0 Å². The van der Waals surface area contributed by atoms with Crippen LogP contribution in [0.2, 0.25) is 0 Å². The van der Waals surface area contributed by atoms with Crippen LogP contribution >= 0.6 is 11.8 Å². The van der Waals surface area contributed by atoms with Crippen molar-refractivity contribution in [3.8, 4) is 0 Å². The Labute approximate surface area is 111 Å². The van der Waals surface area contributed by atoms with E-state index in [-0.39, 0.29) is 23.9 Å². The van der Waals surface area contributed by atoms with Gasteiger partial charge in [0.1, 0.15) is 5.37 Å². The number of amides is 1. The zero-order valence-corrected chi connectivity index (χ0v) is 11.0. The van der Waals surface area contributed by atoms with E-state index in [0.717, 1.165) is 17.9 Å². The molecule has 1 aromatic carbocycles. The topological polar surface area (TPSA) is 61.4 Å². The molecule has 0 radical (unpaired) electrons. The Kier molecular flexibility index (Phi) is 5.04. The van der Waals surface area contributed by atoms with Gasteiger partial charge < -0.3 is 10.4 Å². The van der Waals surface area contributed by atoms with Crippen molar-refractivity contribution < 1.29 is 9.90 Å². The minimum atomic E-state index is -0.157. The fourth-order valence-corrected chi connectivity index (χ4v) is 2.90. The van der Waals surface area contributed by atoms with Gasteiger partial charge in [0.15, 0.2) is 0 Å². The Balaban J connectivity index is 1.99. The van der Waals surface area contributed by atoms with Crippen LogP contribution in [0.1, 0.15) is 18.0 Å². The summed E-state index contributed by atoms with van der Waals surface area (Å²) in [4.78, 5) is 12.0. The molecule has 2 atom stereocenters. The van der Waals surface area contributed by atoms with Crippen molar-refractivity contribution in [3.05, 3.63) is 35.9 Å². The number of nitrogens with one attached hydrogen (secondary N) is 2. The van der Waals surface area contributed by atoms with E-state index >= 15 is 0 Å². The predicted octanol–water partition coefficient (Wildman–Crippen LogP) is 0.889. The number of carbonyl (C=O) groups is 1. The van der Waals surface area contributed by atoms with Gasteiger partial charge in [-0.1, -0.05) is 30.3 Å². The smallest absolute Gasteiger partial charge is 0.248 e. The van der Waals surface area contributed by atoms with Crippen LogP contribution in [0.15, 0.2) is 30.3 Å². The summed E-state index contributed by atoms with van der Waals surface area (Å²) in [6, 6.07) is 9.64. The lowest BCUT2D eigenvalue weighted by atomic mass is 10.0. The monoisotopic (exact) mass is 266 g/mol. The first-order valence-electron chi connectivity index (χ1n) is 6.12. The van der Waals surface area contributed by atoms with Crippen molar-refractivity contribution in [1.82, 2.24) is 10.6 Å². The van der Waals surface area contributed by atoms with E-state index in [1.807, 2.05) is 30.3 Å². The van der Waals surface area contributed by atoms with E-state index in [9.17, 15) is 4.79 Å². The first-order valence-corrected chi connectivity index (χ1v) is 7.17. The quantitative estimate of drug-likeness (QED) is 0.741. The molecule has 0 spiro atoms. The van der Waals surface area contributed by atoms with E-state index in [2.05, 4.69) is 10.6 Å². The molecular formula is C13H18N2O2S. The van der Waals surface area contributed by atoms with Crippen LogP contribution < -0.4 is 10.6 Å². The highest BCUT2D eigenvalue weighted by Gasteiger charge is 2.25. The van der Waals surface area contributed by atoms with Crippen LogP contribution in [0, 0.1) is 0 Å². The van der Waals surface area contributed by atoms with Gasteiger partial charge in [0.05, 0.1) is 6.04 Å². The number of hydrogen-bond acceptors (Lipinski definition) is 4. The van der Waals surface area contributed by atoms with E-state index in [1.165, 1.54) is 0 Å². The Bertz CT molecular complexity index is 380. The Morgan fingerprint density at radius 3 is 2.89 bits per heavy atom. The number of aliphatic hydroxyl groups excluding tert-OH is 1. The fraction of sp³-hybridized carbons (Fsp3) is 0.462. The number of benzene rings is 1. The zero-order valence-electron chi connectivity index (χ0n) is 10.1. The lowest BCUT2D eigenvalue weighted by Crippen LogP contribution is -2.40. The summed E-state index contributed by atoms with van der Waals surface area (Å²) in [5, 5.41) is 15.1. The number of aliphatic hydroxyl groups is 1. The van der Waals surface area contributed by atoms with Gasteiger partial charge in [0.2, 0.25) is 5.91 Å². The third kappa shape index (κ3) is 3.48. The molecule has 98 valence electrons. The van der Waals surface area contributed by atoms with Crippen LogP contribution in [0.25, 0.3) is 0 Å². The molecular weight excluding hydrogens is 248 g/mol. The summed E-state index contributed by atoms with van der Waals surface area (Å²) >= 11 is 1.62. The van der Waals surface area contributed by atoms with E-state index in [4.69, 9.17) is 5.11 Å². The van der Waals surface area contributed by atoms with Crippen LogP contribution in [-0.4, -0.2) is 35.3 Å². The summed E-state index contributed by atoms with van der Waals surface area (Å²) in [6.45, 7) is 0.934. The molecule has 18 heavy (non-hydrogen) atoms. The van der Waals surface area contributed by atoms with Crippen molar-refractivity contribution in [2.75, 3.05) is 18.9 Å². The Morgan fingerprint density at radius 1 is 1.50 bits per heavy atom. The van der Waals surface area contributed by atoms with Crippen LogP contribution in [0.3, 0.4) is 0 Å². The normalized spacial score (nSPS) is 20.6. The van der Waals surface area contributed by atoms with E-state index in [1.54, 1.807) is 11.8 Å². The number of hydrogen-bond donors (Lipinski definition) is 3. The molecule has 0 saturated carbocycles. The van der Waals surface area contributed by atoms with Crippen LogP contribution in [0.5, 0.6) is 0 Å². The van der Waals surface area contributed by atoms with Gasteiger partial charge in [0.25, 0.3) is 0 Å². The molecule has 0 bridgehead atoms. The summed E-state index contributed by atoms with van der Waals surface area (Å²) in [5.41, 5.74) is 1.03. The predicted molar refractivity (Wildman–Crippen MR) is 73.3 cm³/mol. The lowest BCUT2D eigenvalue weighted by molar-refractivity contribution is -0.121. The average Bonchev–Trinajstić information content (AvgIpc) is 2.93. The van der Waals surface area contributed by atoms with Crippen molar-refractivity contribution >= 4 is 17.7 Å². The van der Waals surface area contributed by atoms with E-state index < -0.39 is 0 Å². The second kappa shape index (κ2) is 6.78. The third-order valence-corrected chi connectivity index (χ3v) is 4.04. The van der Waals surface area contributed by atoms with Crippen molar-refractivity contribution in [2.45, 2.75) is 17.8 Å². The molecule has 1 aromatic rings. The molecule has 3 N–H and O–H groups in total. The molecule has 2 rings (SSSR count). The maximum absolute atomic E-state index is 12.0. The highest BCUT2D eigenvalue weighted by molar-refractivity contribution is 8.00. The van der Waals surface area contributed by atoms with Gasteiger partial charge in [-0.15, -0.1) is 11.8 Å². The van der Waals surface area contributed by atoms with Gasteiger partial charge in [-0.05, 0) is 12.0 Å². The van der Waals surface area contributed by atoms with Crippen molar-refractivity contribution in [1.29, 1.82) is 0 Å². The number of rotatable bonds is 5. The molecule has 1 fully saturated rings. The summed E-state index contributed by atoms with van der Waals surface area (Å²) in [5.74, 6) is 0.966. The molecule has 1 unspecified atom stereocenters. The maximum atomic E-state index is 12.0. The van der Waals surface area contributed by atoms with Crippen molar-refractivity contribution in [3.63, 3.8) is 0 Å². The Hall–Kier alpha value is -1.04. The highest BCUT2D eigenvalue weighted by atomic mass is 32.2. The summed E-state index contributed by atoms with van der Waals surface area (Å²) in [7, 11) is 0. The van der Waals surface area contributed by atoms with Gasteiger partial charge in [0, 0.05) is 18.9 Å². The molecule has 5 heteroatoms. The SMILES string of the molecule is O=C(N[C@@H](CCO)c1ccccc1)C1NCCS1. The lowest BCUT2D eigenvalue weighted by Gasteiger charge is -2.20. The molecule has 4 nitrogen and oxygen atoms in total. The molecule has 1 aliphatic heterocycles. The molecule has 1 amide bonds. The minimum absolute atomic E-state index is 0.000182. The molecule has 1 heterocycles. The van der Waals surface area contributed by atoms with Gasteiger partial charge >= 0.3 is 0 Å². The molecule has 0 aliphatic carbocycles. The fourth-order valence-electron chi connectivity index (χ4n) is 1.98. The largest absolute Gasteiger partial charge is 0.396 e. The summed E-state index contributed by atoms with van der Waals surface area (Å²) < 4.78 is 0. The second-order valence-corrected chi connectivity index (χ2v) is 5.40. The first kappa shape index (κ1) is 13.4. The molecule has 0 aromatic heterocycles. The number of thioether (sulfide) groups is 1. The van der Waals surface area contributed by atoms with Gasteiger partial charge in [-0.3, -0.25) is 10.1 Å². The third-order valence-electron chi connectivity index (χ3n) is 2.89. The van der Waals surface area contributed by atoms with E-state index in [0.29, 0.717) is 6.42 Å². The average molecular weight is 266 g/mol. The highest BCUT2D eigenvalue weighted by Crippen LogP contribution is 2.19. The zero-order chi connectivity index (χ0) is 12.8. The summed E-state index contributed by atoms with van der Waals surface area (Å²) in [6.07, 6.45) is 0.535. The molecule has 1 aliphatic rings. The Morgan fingerprint density at radius 2 is 2.28 bits per heavy atom. The standard InChI is InChI=1S/C13H18N2O2S/c16-8-6-11(10-4-2-1-3-5-10)15-12(17)13-14-7-9-18-13/h1-5,11,13-14,16H,6-9H2,(H,15,17)/t11-,13?/m0/s1. The number of carbonyl (C=O) groups excluding carboxylic acids is 1. The second-order valence-electron chi connectivity index (χ2n) is 4.19.